The SMILES string of the molecule is C1=CCC/C=C\CC1.O=C1C=CC(=O)O1.[Pd]. The van der Waals surface area contributed by atoms with Crippen LogP contribution < -0.4 is 0 Å². The predicted molar refractivity (Wildman–Crippen MR) is 57.0 cm³/mol. The minimum atomic E-state index is -0.579. The number of carbonyl (C=O) groups excluding carboxylic acids is 2. The van der Waals surface area contributed by atoms with Crippen LogP contribution in [0.25, 0.3) is 0 Å². The van der Waals surface area contributed by atoms with Gasteiger partial charge in [-0.3, -0.25) is 0 Å². The number of cyclic esters (lactones) is 2. The second kappa shape index (κ2) is 9.26. The molecule has 0 fully saturated rings. The molecule has 1 aliphatic carbocycles. The van der Waals surface area contributed by atoms with E-state index in [0.29, 0.717) is 0 Å². The first-order valence-electron chi connectivity index (χ1n) is 5.03. The van der Waals surface area contributed by atoms with Crippen molar-refractivity contribution in [1.82, 2.24) is 0 Å². The Hall–Kier alpha value is -0.978. The summed E-state index contributed by atoms with van der Waals surface area (Å²) in [6.45, 7) is 0. The average Bonchev–Trinajstić information content (AvgIpc) is 2.49. The second-order valence-corrected chi connectivity index (χ2v) is 3.17. The first-order valence-corrected chi connectivity index (χ1v) is 5.03. The summed E-state index contributed by atoms with van der Waals surface area (Å²) in [5.74, 6) is -1.16. The van der Waals surface area contributed by atoms with E-state index in [1.165, 1.54) is 25.7 Å². The summed E-state index contributed by atoms with van der Waals surface area (Å²) < 4.78 is 3.97. The Bertz CT molecular complexity index is 274. The first kappa shape index (κ1) is 15.0. The minimum Gasteiger partial charge on any atom is -0.387 e. The van der Waals surface area contributed by atoms with Crippen LogP contribution in [0.3, 0.4) is 0 Å². The van der Waals surface area contributed by atoms with E-state index in [2.05, 4.69) is 29.0 Å². The number of hydrogen-bond donors (Lipinski definition) is 0. The van der Waals surface area contributed by atoms with Gasteiger partial charge in [-0.1, -0.05) is 24.3 Å². The van der Waals surface area contributed by atoms with Crippen molar-refractivity contribution in [2.45, 2.75) is 25.7 Å². The molecule has 2 aliphatic rings. The van der Waals surface area contributed by atoms with Crippen molar-refractivity contribution >= 4 is 11.9 Å². The van der Waals surface area contributed by atoms with E-state index >= 15 is 0 Å². The van der Waals surface area contributed by atoms with Gasteiger partial charge in [0, 0.05) is 32.6 Å². The van der Waals surface area contributed by atoms with Crippen LogP contribution >= 0.6 is 0 Å². The van der Waals surface area contributed by atoms with Gasteiger partial charge in [0.05, 0.1) is 0 Å². The van der Waals surface area contributed by atoms with E-state index in [-0.39, 0.29) is 20.4 Å². The van der Waals surface area contributed by atoms with Gasteiger partial charge in [0.2, 0.25) is 0 Å². The van der Waals surface area contributed by atoms with Crippen molar-refractivity contribution < 1.29 is 34.7 Å². The molecule has 1 heterocycles. The molecule has 0 radical (unpaired) electrons. The van der Waals surface area contributed by atoms with Crippen molar-refractivity contribution in [3.05, 3.63) is 36.5 Å². The topological polar surface area (TPSA) is 43.4 Å². The van der Waals surface area contributed by atoms with Gasteiger partial charge in [-0.2, -0.15) is 0 Å². The molecule has 3 nitrogen and oxygen atoms in total. The summed E-state index contributed by atoms with van der Waals surface area (Å²) in [6.07, 6.45) is 16.2. The molecule has 0 atom stereocenters. The standard InChI is InChI=1S/C8H12.C4H2O3.Pd/c1-2-4-6-8-7-5-3-1;5-3-1-2-4(6)7-3;/h1-2,7-8H,3-6H2;1-2H;/b2-1-,8-7?;;. The van der Waals surface area contributed by atoms with Crippen molar-refractivity contribution in [2.24, 2.45) is 0 Å². The van der Waals surface area contributed by atoms with Gasteiger partial charge in [0.1, 0.15) is 0 Å². The van der Waals surface area contributed by atoms with Gasteiger partial charge in [-0.05, 0) is 25.7 Å². The molecule has 0 spiro atoms. The summed E-state index contributed by atoms with van der Waals surface area (Å²) in [4.78, 5) is 19.8. The second-order valence-electron chi connectivity index (χ2n) is 3.17. The fourth-order valence-electron chi connectivity index (χ4n) is 1.16. The van der Waals surface area contributed by atoms with Crippen molar-refractivity contribution in [3.63, 3.8) is 0 Å². The molecule has 0 aromatic rings. The van der Waals surface area contributed by atoms with Crippen LogP contribution in [0.2, 0.25) is 0 Å². The number of rotatable bonds is 0. The van der Waals surface area contributed by atoms with E-state index in [1.807, 2.05) is 0 Å². The zero-order valence-electron chi connectivity index (χ0n) is 8.83. The minimum absolute atomic E-state index is 0. The quantitative estimate of drug-likeness (QED) is 0.298. The maximum atomic E-state index is 9.92. The molecule has 0 saturated heterocycles. The zero-order chi connectivity index (χ0) is 10.9. The molecule has 4 heteroatoms. The van der Waals surface area contributed by atoms with Crippen molar-refractivity contribution in [1.29, 1.82) is 0 Å². The normalized spacial score (nSPS) is 19.8. The third-order valence-electron chi connectivity index (χ3n) is 1.89. The van der Waals surface area contributed by atoms with Crippen LogP contribution in [-0.4, -0.2) is 11.9 Å². The molecule has 0 unspecified atom stereocenters. The van der Waals surface area contributed by atoms with E-state index in [0.717, 1.165) is 12.2 Å². The summed E-state index contributed by atoms with van der Waals surface area (Å²) in [7, 11) is 0. The molecule has 2 rings (SSSR count). The Morgan fingerprint density at radius 2 is 1.06 bits per heavy atom. The summed E-state index contributed by atoms with van der Waals surface area (Å²) >= 11 is 0. The molecular formula is C12H14O3Pd. The Morgan fingerprint density at radius 3 is 1.25 bits per heavy atom. The fourth-order valence-corrected chi connectivity index (χ4v) is 1.16. The molecule has 1 aliphatic heterocycles. The van der Waals surface area contributed by atoms with E-state index in [4.69, 9.17) is 0 Å². The van der Waals surface area contributed by atoms with Crippen molar-refractivity contribution in [3.8, 4) is 0 Å². The van der Waals surface area contributed by atoms with Crippen LogP contribution in [0.1, 0.15) is 25.7 Å². The van der Waals surface area contributed by atoms with Crippen LogP contribution in [-0.2, 0) is 34.7 Å². The summed E-state index contributed by atoms with van der Waals surface area (Å²) in [5.41, 5.74) is 0. The molecule has 0 bridgehead atoms. The van der Waals surface area contributed by atoms with Crippen LogP contribution in [0, 0.1) is 0 Å². The Balaban J connectivity index is 0.000000267. The molecule has 0 N–H and O–H groups in total. The molecule has 0 aromatic carbocycles. The van der Waals surface area contributed by atoms with Gasteiger partial charge in [-0.15, -0.1) is 0 Å². The smallest absolute Gasteiger partial charge is 0.338 e. The number of esters is 2. The van der Waals surface area contributed by atoms with Crippen LogP contribution in [0.5, 0.6) is 0 Å². The number of allylic oxidation sites excluding steroid dienone is 4. The van der Waals surface area contributed by atoms with Gasteiger partial charge in [0.15, 0.2) is 0 Å². The molecule has 0 aromatic heterocycles. The van der Waals surface area contributed by atoms with Crippen molar-refractivity contribution in [2.75, 3.05) is 0 Å². The maximum absolute atomic E-state index is 9.92. The Morgan fingerprint density at radius 1 is 0.750 bits per heavy atom. The third kappa shape index (κ3) is 7.33. The molecule has 90 valence electrons. The number of hydrogen-bond acceptors (Lipinski definition) is 3. The number of carbonyl (C=O) groups is 2. The molecule has 16 heavy (non-hydrogen) atoms. The third-order valence-corrected chi connectivity index (χ3v) is 1.89. The monoisotopic (exact) mass is 312 g/mol. The van der Waals surface area contributed by atoms with E-state index < -0.39 is 11.9 Å². The largest absolute Gasteiger partial charge is 0.387 e. The van der Waals surface area contributed by atoms with E-state index in [9.17, 15) is 9.59 Å². The predicted octanol–water partition coefficient (Wildman–Crippen LogP) is 2.30. The van der Waals surface area contributed by atoms with Gasteiger partial charge >= 0.3 is 11.9 Å². The average molecular weight is 313 g/mol. The van der Waals surface area contributed by atoms with Gasteiger partial charge < -0.3 is 4.74 Å². The first-order chi connectivity index (χ1) is 7.29. The van der Waals surface area contributed by atoms with Crippen LogP contribution in [0.4, 0.5) is 0 Å². The zero-order valence-corrected chi connectivity index (χ0v) is 10.4. The Kier molecular flexibility index (Phi) is 8.70. The molecule has 0 saturated carbocycles. The molecule has 0 amide bonds. The Labute approximate surface area is 109 Å². The van der Waals surface area contributed by atoms with E-state index in [1.54, 1.807) is 0 Å². The summed E-state index contributed by atoms with van der Waals surface area (Å²) in [6, 6.07) is 0. The fraction of sp³-hybridized carbons (Fsp3) is 0.333. The number of ether oxygens (including phenoxy) is 1. The van der Waals surface area contributed by atoms with Crippen LogP contribution in [0.15, 0.2) is 36.5 Å². The molecular weight excluding hydrogens is 299 g/mol. The van der Waals surface area contributed by atoms with Gasteiger partial charge in [0.25, 0.3) is 0 Å². The summed E-state index contributed by atoms with van der Waals surface area (Å²) in [5, 5.41) is 0. The maximum Gasteiger partial charge on any atom is 0.338 e. The van der Waals surface area contributed by atoms with Gasteiger partial charge in [-0.25, -0.2) is 9.59 Å².